The maximum atomic E-state index is 12.4. The van der Waals surface area contributed by atoms with Gasteiger partial charge in [-0.25, -0.2) is 4.79 Å². The highest BCUT2D eigenvalue weighted by molar-refractivity contribution is 14.0. The molecule has 182 valence electrons. The first kappa shape index (κ1) is 28.4. The van der Waals surface area contributed by atoms with Crippen LogP contribution in [0.3, 0.4) is 0 Å². The number of rotatable bonds is 7. The number of hydrogen-bond acceptors (Lipinski definition) is 5. The molecular formula is C23H40IN5O3. The van der Waals surface area contributed by atoms with Gasteiger partial charge in [0.05, 0.1) is 19.3 Å². The molecule has 0 saturated carbocycles. The van der Waals surface area contributed by atoms with Gasteiger partial charge in [0.1, 0.15) is 5.60 Å². The molecular weight excluding hydrogens is 521 g/mol. The molecule has 0 bridgehead atoms. The molecule has 1 heterocycles. The summed E-state index contributed by atoms with van der Waals surface area (Å²) in [6.07, 6.45) is -0.445. The number of halogens is 1. The molecule has 1 atom stereocenters. The van der Waals surface area contributed by atoms with Gasteiger partial charge in [0, 0.05) is 38.8 Å². The molecule has 8 nitrogen and oxygen atoms in total. The van der Waals surface area contributed by atoms with Gasteiger partial charge in [-0.3, -0.25) is 9.89 Å². The quantitative estimate of drug-likeness (QED) is 0.270. The molecule has 1 aromatic carbocycles. The van der Waals surface area contributed by atoms with Crippen molar-refractivity contribution in [2.75, 3.05) is 46.4 Å². The monoisotopic (exact) mass is 561 g/mol. The fraction of sp³-hybridized carbons (Fsp3) is 0.652. The number of alkyl carbamates (subject to hydrolysis) is 1. The minimum Gasteiger partial charge on any atom is -0.444 e. The first-order valence-corrected chi connectivity index (χ1v) is 10.9. The summed E-state index contributed by atoms with van der Waals surface area (Å²) in [5.74, 6) is 0.688. The Morgan fingerprint density at radius 2 is 1.75 bits per heavy atom. The summed E-state index contributed by atoms with van der Waals surface area (Å²) in [6, 6.07) is 9.58. The van der Waals surface area contributed by atoms with Crippen LogP contribution < -0.4 is 16.0 Å². The van der Waals surface area contributed by atoms with Crippen LogP contribution in [0.4, 0.5) is 4.79 Å². The van der Waals surface area contributed by atoms with Crippen molar-refractivity contribution in [2.24, 2.45) is 4.99 Å². The summed E-state index contributed by atoms with van der Waals surface area (Å²) in [7, 11) is 1.75. The van der Waals surface area contributed by atoms with Gasteiger partial charge in [0.2, 0.25) is 0 Å². The van der Waals surface area contributed by atoms with E-state index in [0.29, 0.717) is 12.5 Å². The van der Waals surface area contributed by atoms with E-state index in [4.69, 9.17) is 9.47 Å². The van der Waals surface area contributed by atoms with Crippen LogP contribution in [-0.2, 0) is 9.47 Å². The van der Waals surface area contributed by atoms with Crippen LogP contribution >= 0.6 is 24.0 Å². The SMILES string of the molecule is CN=C(NCC(NC(=O)OC(C)(C)C)c1ccccc1)NCC(C)(C)N1CCOCC1.I. The van der Waals surface area contributed by atoms with Crippen molar-refractivity contribution in [3.63, 3.8) is 0 Å². The Kier molecular flexibility index (Phi) is 11.7. The van der Waals surface area contributed by atoms with Gasteiger partial charge in [-0.2, -0.15) is 0 Å². The number of nitrogens with one attached hydrogen (secondary N) is 3. The molecule has 32 heavy (non-hydrogen) atoms. The molecule has 0 aliphatic carbocycles. The summed E-state index contributed by atoms with van der Waals surface area (Å²) in [5, 5.41) is 9.72. The van der Waals surface area contributed by atoms with Crippen LogP contribution in [0.2, 0.25) is 0 Å². The number of carbonyl (C=O) groups excluding carboxylic acids is 1. The van der Waals surface area contributed by atoms with Crippen molar-refractivity contribution < 1.29 is 14.3 Å². The molecule has 0 aromatic heterocycles. The van der Waals surface area contributed by atoms with E-state index < -0.39 is 11.7 Å². The van der Waals surface area contributed by atoms with Crippen LogP contribution in [-0.4, -0.2) is 74.5 Å². The summed E-state index contributed by atoms with van der Waals surface area (Å²) in [4.78, 5) is 19.1. The number of benzene rings is 1. The lowest BCUT2D eigenvalue weighted by atomic mass is 10.0. The van der Waals surface area contributed by atoms with E-state index in [-0.39, 0.29) is 35.6 Å². The molecule has 0 radical (unpaired) electrons. The summed E-state index contributed by atoms with van der Waals surface area (Å²) in [6.45, 7) is 14.6. The van der Waals surface area contributed by atoms with Crippen LogP contribution in [0, 0.1) is 0 Å². The van der Waals surface area contributed by atoms with Crippen molar-refractivity contribution in [3.8, 4) is 0 Å². The molecule has 9 heteroatoms. The third-order valence-corrected chi connectivity index (χ3v) is 5.15. The molecule has 1 aromatic rings. The summed E-state index contributed by atoms with van der Waals surface area (Å²) >= 11 is 0. The van der Waals surface area contributed by atoms with E-state index in [0.717, 1.165) is 38.4 Å². The maximum Gasteiger partial charge on any atom is 0.408 e. The highest BCUT2D eigenvalue weighted by atomic mass is 127. The highest BCUT2D eigenvalue weighted by Crippen LogP contribution is 2.16. The number of amides is 1. The van der Waals surface area contributed by atoms with Crippen molar-refractivity contribution in [1.82, 2.24) is 20.9 Å². The number of guanidine groups is 1. The van der Waals surface area contributed by atoms with Gasteiger partial charge in [0.25, 0.3) is 0 Å². The van der Waals surface area contributed by atoms with E-state index >= 15 is 0 Å². The number of carbonyl (C=O) groups is 1. The fourth-order valence-corrected chi connectivity index (χ4v) is 3.39. The van der Waals surface area contributed by atoms with Crippen LogP contribution in [0.25, 0.3) is 0 Å². The second-order valence-electron chi connectivity index (χ2n) is 9.33. The first-order chi connectivity index (χ1) is 14.6. The molecule has 1 fully saturated rings. The Hall–Kier alpha value is -1.59. The Balaban J connectivity index is 0.00000512. The largest absolute Gasteiger partial charge is 0.444 e. The third kappa shape index (κ3) is 9.91. The predicted molar refractivity (Wildman–Crippen MR) is 140 cm³/mol. The Morgan fingerprint density at radius 1 is 1.12 bits per heavy atom. The lowest BCUT2D eigenvalue weighted by Crippen LogP contribution is -2.56. The molecule has 2 rings (SSSR count). The number of nitrogens with zero attached hydrogens (tertiary/aromatic N) is 2. The highest BCUT2D eigenvalue weighted by Gasteiger charge is 2.28. The lowest BCUT2D eigenvalue weighted by Gasteiger charge is -2.41. The Labute approximate surface area is 209 Å². The number of aliphatic imine (C=N–C) groups is 1. The fourth-order valence-electron chi connectivity index (χ4n) is 3.39. The maximum absolute atomic E-state index is 12.4. The molecule has 3 N–H and O–H groups in total. The summed E-state index contributed by atoms with van der Waals surface area (Å²) in [5.41, 5.74) is 0.404. The smallest absolute Gasteiger partial charge is 0.408 e. The zero-order valence-corrected chi connectivity index (χ0v) is 22.6. The van der Waals surface area contributed by atoms with E-state index in [1.807, 2.05) is 51.1 Å². The zero-order valence-electron chi connectivity index (χ0n) is 20.2. The zero-order chi connectivity index (χ0) is 22.9. The second kappa shape index (κ2) is 13.2. The minimum atomic E-state index is -0.554. The van der Waals surface area contributed by atoms with E-state index in [2.05, 4.69) is 39.7 Å². The van der Waals surface area contributed by atoms with Crippen molar-refractivity contribution in [3.05, 3.63) is 35.9 Å². The van der Waals surface area contributed by atoms with Crippen molar-refractivity contribution in [2.45, 2.75) is 51.8 Å². The van der Waals surface area contributed by atoms with Crippen LogP contribution in [0.5, 0.6) is 0 Å². The molecule has 1 unspecified atom stereocenters. The van der Waals surface area contributed by atoms with Crippen LogP contribution in [0.15, 0.2) is 35.3 Å². The normalized spacial score (nSPS) is 16.5. The Bertz CT molecular complexity index is 716. The second-order valence-corrected chi connectivity index (χ2v) is 9.33. The lowest BCUT2D eigenvalue weighted by molar-refractivity contribution is -0.00834. The van der Waals surface area contributed by atoms with Crippen LogP contribution in [0.1, 0.15) is 46.2 Å². The topological polar surface area (TPSA) is 87.2 Å². The molecule has 1 aliphatic rings. The standard InChI is InChI=1S/C23H39N5O3.HI/c1-22(2,3)31-21(29)27-19(18-10-8-7-9-11-18)16-25-20(24-6)26-17-23(4,5)28-12-14-30-15-13-28;/h7-11,19H,12-17H2,1-6H3,(H,27,29)(H2,24,25,26);1H. The number of hydrogen-bond donors (Lipinski definition) is 3. The van der Waals surface area contributed by atoms with E-state index in [1.54, 1.807) is 7.05 Å². The van der Waals surface area contributed by atoms with Gasteiger partial charge in [-0.1, -0.05) is 30.3 Å². The van der Waals surface area contributed by atoms with Gasteiger partial charge < -0.3 is 25.4 Å². The van der Waals surface area contributed by atoms with Crippen molar-refractivity contribution in [1.29, 1.82) is 0 Å². The van der Waals surface area contributed by atoms with Gasteiger partial charge >= 0.3 is 6.09 Å². The number of ether oxygens (including phenoxy) is 2. The van der Waals surface area contributed by atoms with E-state index in [1.165, 1.54) is 0 Å². The van der Waals surface area contributed by atoms with Gasteiger partial charge in [0.15, 0.2) is 5.96 Å². The summed E-state index contributed by atoms with van der Waals surface area (Å²) < 4.78 is 10.9. The average Bonchev–Trinajstić information content (AvgIpc) is 2.73. The van der Waals surface area contributed by atoms with Gasteiger partial charge in [-0.05, 0) is 40.2 Å². The molecule has 1 aliphatic heterocycles. The number of morpholine rings is 1. The predicted octanol–water partition coefficient (Wildman–Crippen LogP) is 3.15. The third-order valence-electron chi connectivity index (χ3n) is 5.15. The Morgan fingerprint density at radius 3 is 2.31 bits per heavy atom. The molecule has 1 amide bonds. The van der Waals surface area contributed by atoms with Crippen molar-refractivity contribution >= 4 is 36.0 Å². The molecule has 0 spiro atoms. The van der Waals surface area contributed by atoms with E-state index in [9.17, 15) is 4.79 Å². The van der Waals surface area contributed by atoms with Gasteiger partial charge in [-0.15, -0.1) is 24.0 Å². The minimum absolute atomic E-state index is 0. The average molecular weight is 562 g/mol. The first-order valence-electron chi connectivity index (χ1n) is 10.9. The molecule has 1 saturated heterocycles.